The molecule has 0 radical (unpaired) electrons. The molecule has 0 saturated heterocycles. The minimum absolute atomic E-state index is 0.0422. The third kappa shape index (κ3) is 6.28. The summed E-state index contributed by atoms with van der Waals surface area (Å²) in [5.41, 5.74) is 0.321. The summed E-state index contributed by atoms with van der Waals surface area (Å²) in [5, 5.41) is 0. The number of carbonyl (C=O) groups is 2. The lowest BCUT2D eigenvalue weighted by Gasteiger charge is -2.14. The van der Waals surface area contributed by atoms with Crippen molar-refractivity contribution in [1.82, 2.24) is 0 Å². The molecule has 0 bridgehead atoms. The van der Waals surface area contributed by atoms with E-state index < -0.39 is 16.3 Å². The molecular formula is C10H15BrO4. The molecule has 0 amide bonds. The van der Waals surface area contributed by atoms with E-state index in [0.717, 1.165) is 0 Å². The molecule has 0 saturated carbocycles. The van der Waals surface area contributed by atoms with Gasteiger partial charge in [-0.1, -0.05) is 22.5 Å². The lowest BCUT2D eigenvalue weighted by atomic mass is 10.2. The van der Waals surface area contributed by atoms with E-state index in [4.69, 9.17) is 9.47 Å². The summed E-state index contributed by atoms with van der Waals surface area (Å²) in [5.74, 6) is -0.877. The normalized spacial score (nSPS) is 10.7. The van der Waals surface area contributed by atoms with Crippen LogP contribution >= 0.6 is 15.9 Å². The fourth-order valence-corrected chi connectivity index (χ4v) is 0.678. The van der Waals surface area contributed by atoms with Crippen molar-refractivity contribution in [1.29, 1.82) is 0 Å². The minimum Gasteiger partial charge on any atom is -0.461 e. The van der Waals surface area contributed by atoms with Crippen LogP contribution in [0.4, 0.5) is 0 Å². The van der Waals surface area contributed by atoms with Crippen LogP contribution in [0.15, 0.2) is 12.2 Å². The molecule has 0 aromatic carbocycles. The van der Waals surface area contributed by atoms with Crippen molar-refractivity contribution in [2.45, 2.75) is 25.1 Å². The van der Waals surface area contributed by atoms with Crippen molar-refractivity contribution < 1.29 is 19.1 Å². The number of carbonyl (C=O) groups excluding carboxylic acids is 2. The molecule has 0 heterocycles. The molecule has 0 aromatic heterocycles. The summed E-state index contributed by atoms with van der Waals surface area (Å²) < 4.78 is 8.86. The second-order valence-electron chi connectivity index (χ2n) is 3.52. The predicted octanol–water partition coefficient (Wildman–Crippen LogP) is 1.82. The van der Waals surface area contributed by atoms with Gasteiger partial charge in [-0.25, -0.2) is 4.79 Å². The van der Waals surface area contributed by atoms with Gasteiger partial charge in [0.05, 0.1) is 0 Å². The van der Waals surface area contributed by atoms with Gasteiger partial charge in [0.1, 0.15) is 17.5 Å². The number of hydrogen-bond donors (Lipinski definition) is 0. The summed E-state index contributed by atoms with van der Waals surface area (Å²) in [6, 6.07) is 0. The zero-order chi connectivity index (χ0) is 12.1. The molecule has 86 valence electrons. The molecule has 0 unspecified atom stereocenters. The van der Waals surface area contributed by atoms with Crippen molar-refractivity contribution in [2.75, 3.05) is 13.2 Å². The molecule has 0 aliphatic rings. The molecule has 0 aliphatic carbocycles. The summed E-state index contributed by atoms with van der Waals surface area (Å²) >= 11 is 3.15. The Kier molecular flexibility index (Phi) is 5.57. The van der Waals surface area contributed by atoms with E-state index in [9.17, 15) is 9.59 Å². The van der Waals surface area contributed by atoms with Gasteiger partial charge < -0.3 is 9.47 Å². The van der Waals surface area contributed by atoms with Crippen LogP contribution in [0.25, 0.3) is 0 Å². The highest BCUT2D eigenvalue weighted by Gasteiger charge is 2.25. The monoisotopic (exact) mass is 278 g/mol. The molecule has 0 aliphatic heterocycles. The molecular weight excluding hydrogens is 264 g/mol. The van der Waals surface area contributed by atoms with Crippen molar-refractivity contribution in [3.05, 3.63) is 12.2 Å². The van der Waals surface area contributed by atoms with Crippen LogP contribution in [0.3, 0.4) is 0 Å². The maximum Gasteiger partial charge on any atom is 0.333 e. The molecule has 15 heavy (non-hydrogen) atoms. The summed E-state index contributed by atoms with van der Waals surface area (Å²) in [4.78, 5) is 22.1. The smallest absolute Gasteiger partial charge is 0.333 e. The zero-order valence-electron chi connectivity index (χ0n) is 9.13. The minimum atomic E-state index is -0.717. The lowest BCUT2D eigenvalue weighted by Crippen LogP contribution is -2.28. The number of hydrogen-bond acceptors (Lipinski definition) is 4. The Morgan fingerprint density at radius 2 is 1.73 bits per heavy atom. The van der Waals surface area contributed by atoms with Gasteiger partial charge in [0.15, 0.2) is 0 Å². The number of halogens is 1. The highest BCUT2D eigenvalue weighted by atomic mass is 79.9. The summed E-state index contributed by atoms with van der Waals surface area (Å²) in [6.45, 7) is 8.41. The molecule has 5 heteroatoms. The number of ether oxygens (including phenoxy) is 2. The van der Waals surface area contributed by atoms with E-state index in [0.29, 0.717) is 5.57 Å². The molecule has 4 nitrogen and oxygen atoms in total. The average molecular weight is 279 g/mol. The molecule has 0 fully saturated rings. The molecule has 0 atom stereocenters. The number of esters is 2. The Labute approximate surface area is 97.8 Å². The second kappa shape index (κ2) is 5.90. The van der Waals surface area contributed by atoms with E-state index in [1.807, 2.05) is 0 Å². The van der Waals surface area contributed by atoms with Gasteiger partial charge in [0.2, 0.25) is 0 Å². The van der Waals surface area contributed by atoms with E-state index in [1.54, 1.807) is 20.8 Å². The van der Waals surface area contributed by atoms with Gasteiger partial charge >= 0.3 is 11.9 Å². The zero-order valence-corrected chi connectivity index (χ0v) is 10.7. The first kappa shape index (κ1) is 14.2. The van der Waals surface area contributed by atoms with Crippen LogP contribution in [-0.2, 0) is 19.1 Å². The predicted molar refractivity (Wildman–Crippen MR) is 59.7 cm³/mol. The third-order valence-electron chi connectivity index (χ3n) is 1.38. The van der Waals surface area contributed by atoms with Crippen LogP contribution < -0.4 is 0 Å². The topological polar surface area (TPSA) is 52.6 Å². The highest BCUT2D eigenvalue weighted by Crippen LogP contribution is 2.17. The highest BCUT2D eigenvalue weighted by molar-refractivity contribution is 9.10. The lowest BCUT2D eigenvalue weighted by molar-refractivity contribution is -0.151. The van der Waals surface area contributed by atoms with E-state index in [1.165, 1.54) is 0 Å². The SMILES string of the molecule is C=C(C)C(=O)OCCOC(=O)C(C)(C)Br. The Balaban J connectivity index is 3.69. The Morgan fingerprint density at radius 1 is 1.27 bits per heavy atom. The van der Waals surface area contributed by atoms with E-state index >= 15 is 0 Å². The van der Waals surface area contributed by atoms with Crippen LogP contribution in [0, 0.1) is 0 Å². The van der Waals surface area contributed by atoms with Crippen molar-refractivity contribution in [3.8, 4) is 0 Å². The maximum atomic E-state index is 11.2. The van der Waals surface area contributed by atoms with Gasteiger partial charge in [-0.15, -0.1) is 0 Å². The van der Waals surface area contributed by atoms with Crippen molar-refractivity contribution in [2.24, 2.45) is 0 Å². The fraction of sp³-hybridized carbons (Fsp3) is 0.600. The standard InChI is InChI=1S/C10H15BrO4/c1-7(2)8(12)14-5-6-15-9(13)10(3,4)11/h1,5-6H2,2-4H3. The Hall–Kier alpha value is -0.840. The first-order chi connectivity index (χ1) is 6.75. The molecule has 0 N–H and O–H groups in total. The van der Waals surface area contributed by atoms with Crippen molar-refractivity contribution in [3.63, 3.8) is 0 Å². The Morgan fingerprint density at radius 3 is 2.13 bits per heavy atom. The van der Waals surface area contributed by atoms with Crippen molar-refractivity contribution >= 4 is 27.9 Å². The quantitative estimate of drug-likeness (QED) is 0.333. The van der Waals surface area contributed by atoms with Gasteiger partial charge in [0, 0.05) is 5.57 Å². The van der Waals surface area contributed by atoms with Gasteiger partial charge in [-0.05, 0) is 20.8 Å². The Bertz CT molecular complexity index is 265. The van der Waals surface area contributed by atoms with Gasteiger partial charge in [0.25, 0.3) is 0 Å². The van der Waals surface area contributed by atoms with Crippen LogP contribution in [0.5, 0.6) is 0 Å². The maximum absolute atomic E-state index is 11.2. The van der Waals surface area contributed by atoms with Crippen LogP contribution in [0.1, 0.15) is 20.8 Å². The van der Waals surface area contributed by atoms with Crippen LogP contribution in [-0.4, -0.2) is 29.5 Å². The van der Waals surface area contributed by atoms with Crippen LogP contribution in [0.2, 0.25) is 0 Å². The summed E-state index contributed by atoms with van der Waals surface area (Å²) in [6.07, 6.45) is 0. The molecule has 0 spiro atoms. The fourth-order valence-electron chi connectivity index (χ4n) is 0.564. The molecule has 0 rings (SSSR count). The van der Waals surface area contributed by atoms with E-state index in [2.05, 4.69) is 22.5 Å². The van der Waals surface area contributed by atoms with E-state index in [-0.39, 0.29) is 13.2 Å². The molecule has 0 aromatic rings. The van der Waals surface area contributed by atoms with Gasteiger partial charge in [-0.3, -0.25) is 4.79 Å². The first-order valence-electron chi connectivity index (χ1n) is 4.44. The van der Waals surface area contributed by atoms with Gasteiger partial charge in [-0.2, -0.15) is 0 Å². The average Bonchev–Trinajstić information content (AvgIpc) is 2.09. The number of rotatable bonds is 5. The number of alkyl halides is 1. The second-order valence-corrected chi connectivity index (χ2v) is 5.51. The first-order valence-corrected chi connectivity index (χ1v) is 5.23. The third-order valence-corrected chi connectivity index (χ3v) is 1.71. The summed E-state index contributed by atoms with van der Waals surface area (Å²) in [7, 11) is 0. The largest absolute Gasteiger partial charge is 0.461 e.